The van der Waals surface area contributed by atoms with Crippen molar-refractivity contribution < 1.29 is 0 Å². The molecule has 1 saturated carbocycles. The molecular weight excluding hydrogens is 191 g/mol. The van der Waals surface area contributed by atoms with Gasteiger partial charge >= 0.3 is 0 Å². The Bertz CT molecular complexity index is 152. The van der Waals surface area contributed by atoms with Crippen LogP contribution < -0.4 is 0 Å². The first-order chi connectivity index (χ1) is 5.43. The van der Waals surface area contributed by atoms with Crippen molar-refractivity contribution in [3.8, 4) is 0 Å². The van der Waals surface area contributed by atoms with Crippen LogP contribution in [-0.4, -0.2) is 10.3 Å². The normalized spacial score (nSPS) is 43.5. The monoisotopic (exact) mass is 208 g/mol. The fourth-order valence-electron chi connectivity index (χ4n) is 1.86. The van der Waals surface area contributed by atoms with Gasteiger partial charge in [0, 0.05) is 0 Å². The number of hydrogen-bond donors (Lipinski definition) is 0. The van der Waals surface area contributed by atoms with Gasteiger partial charge in [-0.2, -0.15) is 0 Å². The highest BCUT2D eigenvalue weighted by Gasteiger charge is 2.37. The first-order valence-electron chi connectivity index (χ1n) is 4.76. The number of rotatable bonds is 1. The van der Waals surface area contributed by atoms with Gasteiger partial charge in [-0.1, -0.05) is 13.8 Å². The van der Waals surface area contributed by atoms with E-state index in [9.17, 15) is 0 Å². The standard InChI is InChI=1S/C10H18Cl2/c1-7(2)8-4-5-10(3,12)9(11)6-8/h7-9H,4-6H2,1-3H3. The summed E-state index contributed by atoms with van der Waals surface area (Å²) in [6.45, 7) is 6.60. The Morgan fingerprint density at radius 2 is 2.00 bits per heavy atom. The maximum Gasteiger partial charge on any atom is 0.0582 e. The predicted molar refractivity (Wildman–Crippen MR) is 56.1 cm³/mol. The quantitative estimate of drug-likeness (QED) is 0.571. The number of alkyl halides is 2. The maximum atomic E-state index is 6.26. The summed E-state index contributed by atoms with van der Waals surface area (Å²) >= 11 is 12.5. The second-order valence-corrected chi connectivity index (χ2v) is 5.91. The lowest BCUT2D eigenvalue weighted by atomic mass is 9.77. The van der Waals surface area contributed by atoms with Gasteiger partial charge in [0.05, 0.1) is 10.3 Å². The average Bonchev–Trinajstić information content (AvgIpc) is 1.94. The topological polar surface area (TPSA) is 0 Å². The molecule has 0 aliphatic heterocycles. The first kappa shape index (κ1) is 10.7. The zero-order valence-electron chi connectivity index (χ0n) is 8.11. The Morgan fingerprint density at radius 3 is 2.42 bits per heavy atom. The SMILES string of the molecule is CC(C)C1CCC(C)(Cl)C(Cl)C1. The van der Waals surface area contributed by atoms with E-state index in [4.69, 9.17) is 23.2 Å². The van der Waals surface area contributed by atoms with Crippen molar-refractivity contribution >= 4 is 23.2 Å². The van der Waals surface area contributed by atoms with E-state index in [0.29, 0.717) is 0 Å². The Balaban J connectivity index is 2.52. The van der Waals surface area contributed by atoms with Gasteiger partial charge in [-0.25, -0.2) is 0 Å². The summed E-state index contributed by atoms with van der Waals surface area (Å²) in [6, 6.07) is 0. The molecule has 72 valence electrons. The van der Waals surface area contributed by atoms with Gasteiger partial charge in [-0.3, -0.25) is 0 Å². The molecule has 3 unspecified atom stereocenters. The largest absolute Gasteiger partial charge is 0.121 e. The summed E-state index contributed by atoms with van der Waals surface area (Å²) < 4.78 is 0. The molecule has 3 atom stereocenters. The molecule has 0 aromatic heterocycles. The van der Waals surface area contributed by atoms with Crippen molar-refractivity contribution in [1.82, 2.24) is 0 Å². The smallest absolute Gasteiger partial charge is 0.0582 e. The zero-order valence-corrected chi connectivity index (χ0v) is 9.62. The third kappa shape index (κ3) is 2.29. The minimum atomic E-state index is -0.160. The van der Waals surface area contributed by atoms with Crippen molar-refractivity contribution in [1.29, 1.82) is 0 Å². The van der Waals surface area contributed by atoms with Gasteiger partial charge in [-0.05, 0) is 38.0 Å². The Kier molecular flexibility index (Phi) is 3.34. The van der Waals surface area contributed by atoms with Gasteiger partial charge in [0.2, 0.25) is 0 Å². The molecule has 1 aliphatic carbocycles. The van der Waals surface area contributed by atoms with E-state index in [1.807, 2.05) is 0 Å². The van der Waals surface area contributed by atoms with Crippen LogP contribution in [0.5, 0.6) is 0 Å². The molecule has 1 rings (SSSR count). The van der Waals surface area contributed by atoms with Crippen molar-refractivity contribution in [2.75, 3.05) is 0 Å². The lowest BCUT2D eigenvalue weighted by molar-refractivity contribution is 0.252. The van der Waals surface area contributed by atoms with E-state index in [0.717, 1.165) is 24.7 Å². The van der Waals surface area contributed by atoms with Crippen molar-refractivity contribution in [2.24, 2.45) is 11.8 Å². The molecule has 0 saturated heterocycles. The summed E-state index contributed by atoms with van der Waals surface area (Å²) in [6.07, 6.45) is 3.38. The van der Waals surface area contributed by atoms with Crippen molar-refractivity contribution in [2.45, 2.75) is 50.3 Å². The van der Waals surface area contributed by atoms with E-state index in [-0.39, 0.29) is 10.3 Å². The van der Waals surface area contributed by atoms with Gasteiger partial charge in [0.25, 0.3) is 0 Å². The van der Waals surface area contributed by atoms with Crippen LogP contribution in [0.4, 0.5) is 0 Å². The van der Waals surface area contributed by atoms with Crippen LogP contribution in [0.15, 0.2) is 0 Å². The van der Waals surface area contributed by atoms with Crippen LogP contribution in [0.3, 0.4) is 0 Å². The van der Waals surface area contributed by atoms with E-state index in [1.54, 1.807) is 0 Å². The van der Waals surface area contributed by atoms with Crippen molar-refractivity contribution in [3.63, 3.8) is 0 Å². The number of halogens is 2. The summed E-state index contributed by atoms with van der Waals surface area (Å²) in [4.78, 5) is -0.160. The summed E-state index contributed by atoms with van der Waals surface area (Å²) in [5.74, 6) is 1.53. The fraction of sp³-hybridized carbons (Fsp3) is 1.00. The predicted octanol–water partition coefficient (Wildman–Crippen LogP) is 4.05. The second kappa shape index (κ2) is 3.75. The molecule has 0 heterocycles. The van der Waals surface area contributed by atoms with E-state index < -0.39 is 0 Å². The molecule has 0 aromatic carbocycles. The molecule has 0 spiro atoms. The zero-order chi connectivity index (χ0) is 9.35. The van der Waals surface area contributed by atoms with Crippen molar-refractivity contribution in [3.05, 3.63) is 0 Å². The highest BCUT2D eigenvalue weighted by molar-refractivity contribution is 6.32. The third-order valence-electron chi connectivity index (χ3n) is 3.11. The molecule has 0 bridgehead atoms. The van der Waals surface area contributed by atoms with Gasteiger partial charge < -0.3 is 0 Å². The molecule has 0 nitrogen and oxygen atoms in total. The lowest BCUT2D eigenvalue weighted by Gasteiger charge is -2.38. The molecule has 1 fully saturated rings. The van der Waals surface area contributed by atoms with Crippen LogP contribution in [0.1, 0.15) is 40.0 Å². The van der Waals surface area contributed by atoms with Gasteiger partial charge in [0.15, 0.2) is 0 Å². The maximum absolute atomic E-state index is 6.26. The fourth-order valence-corrected chi connectivity index (χ4v) is 2.40. The summed E-state index contributed by atoms with van der Waals surface area (Å²) in [5.41, 5.74) is 0. The highest BCUT2D eigenvalue weighted by Crippen LogP contribution is 2.42. The molecule has 0 N–H and O–H groups in total. The van der Waals surface area contributed by atoms with E-state index in [2.05, 4.69) is 20.8 Å². The van der Waals surface area contributed by atoms with Crippen LogP contribution in [0.2, 0.25) is 0 Å². The molecule has 0 radical (unpaired) electrons. The molecule has 0 aromatic rings. The number of hydrogen-bond acceptors (Lipinski definition) is 0. The van der Waals surface area contributed by atoms with Gasteiger partial charge in [-0.15, -0.1) is 23.2 Å². The Morgan fingerprint density at radius 1 is 1.42 bits per heavy atom. The third-order valence-corrected chi connectivity index (χ3v) is 4.33. The minimum Gasteiger partial charge on any atom is -0.121 e. The van der Waals surface area contributed by atoms with E-state index in [1.165, 1.54) is 6.42 Å². The van der Waals surface area contributed by atoms with Gasteiger partial charge in [0.1, 0.15) is 0 Å². The highest BCUT2D eigenvalue weighted by atomic mass is 35.5. The lowest BCUT2D eigenvalue weighted by Crippen LogP contribution is -2.37. The molecule has 1 aliphatic rings. The molecule has 2 heteroatoms. The van der Waals surface area contributed by atoms with E-state index >= 15 is 0 Å². The van der Waals surface area contributed by atoms with Crippen LogP contribution >= 0.6 is 23.2 Å². The molecule has 12 heavy (non-hydrogen) atoms. The minimum absolute atomic E-state index is 0.153. The second-order valence-electron chi connectivity index (χ2n) is 4.52. The van der Waals surface area contributed by atoms with Crippen LogP contribution in [-0.2, 0) is 0 Å². The first-order valence-corrected chi connectivity index (χ1v) is 5.58. The average molecular weight is 209 g/mol. The summed E-state index contributed by atoms with van der Waals surface area (Å²) in [7, 11) is 0. The molecule has 0 amide bonds. The molecular formula is C10H18Cl2. The van der Waals surface area contributed by atoms with Crippen LogP contribution in [0.25, 0.3) is 0 Å². The summed E-state index contributed by atoms with van der Waals surface area (Å²) in [5, 5.41) is 0.153. The van der Waals surface area contributed by atoms with Crippen LogP contribution in [0, 0.1) is 11.8 Å². The Hall–Kier alpha value is 0.580. The Labute approximate surface area is 85.6 Å².